The van der Waals surface area contributed by atoms with Crippen LogP contribution in [0.4, 0.5) is 0 Å². The van der Waals surface area contributed by atoms with Gasteiger partial charge in [0.05, 0.1) is 19.3 Å². The van der Waals surface area contributed by atoms with Gasteiger partial charge >= 0.3 is 0 Å². The number of nitrogens with one attached hydrogen (secondary N) is 1. The number of halogens is 1. The Morgan fingerprint density at radius 3 is 2.68 bits per heavy atom. The highest BCUT2D eigenvalue weighted by Crippen LogP contribution is 2.18. The number of rotatable bonds is 7. The first kappa shape index (κ1) is 22.2. The predicted molar refractivity (Wildman–Crippen MR) is 114 cm³/mol. The molecule has 2 rings (SSSR count). The highest BCUT2D eigenvalue weighted by molar-refractivity contribution is 14.0. The number of hydrogen-bond donors (Lipinski definition) is 2. The number of hydrogen-bond acceptors (Lipinski definition) is 3. The van der Waals surface area contributed by atoms with Gasteiger partial charge in [-0.3, -0.25) is 4.99 Å². The second kappa shape index (κ2) is 11.7. The number of benzene rings is 1. The van der Waals surface area contributed by atoms with E-state index in [0.717, 1.165) is 32.0 Å². The quantitative estimate of drug-likeness (QED) is 0.373. The van der Waals surface area contributed by atoms with Gasteiger partial charge in [0.1, 0.15) is 0 Å². The maximum atomic E-state index is 10.1. The third-order valence-electron chi connectivity index (χ3n) is 3.98. The normalized spacial score (nSPS) is 15.6. The minimum absolute atomic E-state index is 0. The molecule has 1 heterocycles. The van der Waals surface area contributed by atoms with E-state index in [9.17, 15) is 5.11 Å². The Balaban J connectivity index is 0.00000312. The van der Waals surface area contributed by atoms with Crippen molar-refractivity contribution in [1.29, 1.82) is 0 Å². The summed E-state index contributed by atoms with van der Waals surface area (Å²) in [6, 6.07) is 8.57. The van der Waals surface area contributed by atoms with Crippen molar-refractivity contribution in [3.63, 3.8) is 0 Å². The molecule has 6 heteroatoms. The molecule has 2 N–H and O–H groups in total. The first-order valence-corrected chi connectivity index (χ1v) is 8.96. The molecule has 5 nitrogen and oxygen atoms in total. The summed E-state index contributed by atoms with van der Waals surface area (Å²) in [4.78, 5) is 6.87. The largest absolute Gasteiger partial charge is 0.389 e. The Morgan fingerprint density at radius 1 is 1.28 bits per heavy atom. The number of aliphatic imine (C=N–C) groups is 1. The van der Waals surface area contributed by atoms with Crippen molar-refractivity contribution >= 4 is 29.9 Å². The van der Waals surface area contributed by atoms with Gasteiger partial charge < -0.3 is 20.1 Å². The molecule has 0 spiro atoms. The third-order valence-corrected chi connectivity index (χ3v) is 3.98. The Morgan fingerprint density at radius 2 is 2.00 bits per heavy atom. The summed E-state index contributed by atoms with van der Waals surface area (Å²) in [6.07, 6.45) is 0.468. The zero-order valence-corrected chi connectivity index (χ0v) is 17.9. The van der Waals surface area contributed by atoms with Crippen LogP contribution >= 0.6 is 24.0 Å². The highest BCUT2D eigenvalue weighted by Gasteiger charge is 2.18. The van der Waals surface area contributed by atoms with Gasteiger partial charge in [-0.25, -0.2) is 0 Å². The molecule has 1 atom stereocenters. The first-order chi connectivity index (χ1) is 11.6. The van der Waals surface area contributed by atoms with Crippen LogP contribution in [0.1, 0.15) is 31.9 Å². The average Bonchev–Trinajstić information content (AvgIpc) is 2.58. The van der Waals surface area contributed by atoms with Crippen molar-refractivity contribution in [2.24, 2.45) is 10.9 Å². The van der Waals surface area contributed by atoms with E-state index in [1.807, 2.05) is 0 Å². The Labute approximate surface area is 168 Å². The van der Waals surface area contributed by atoms with Gasteiger partial charge in [-0.1, -0.05) is 38.1 Å². The molecule has 0 aliphatic carbocycles. The van der Waals surface area contributed by atoms with Gasteiger partial charge in [0.2, 0.25) is 0 Å². The van der Waals surface area contributed by atoms with Gasteiger partial charge in [-0.15, -0.1) is 24.0 Å². The van der Waals surface area contributed by atoms with Crippen molar-refractivity contribution in [3.8, 4) is 0 Å². The van der Waals surface area contributed by atoms with E-state index in [4.69, 9.17) is 4.74 Å². The van der Waals surface area contributed by atoms with Crippen LogP contribution < -0.4 is 5.32 Å². The molecule has 1 aliphatic rings. The van der Waals surface area contributed by atoms with Gasteiger partial charge in [0.25, 0.3) is 0 Å². The number of ether oxygens (including phenoxy) is 1. The fraction of sp³-hybridized carbons (Fsp3) is 0.632. The molecule has 0 saturated heterocycles. The van der Waals surface area contributed by atoms with Gasteiger partial charge in [-0.05, 0) is 30.4 Å². The molecule has 0 radical (unpaired) electrons. The molecule has 0 amide bonds. The lowest BCUT2D eigenvalue weighted by atomic mass is 10.0. The van der Waals surface area contributed by atoms with E-state index >= 15 is 0 Å². The Bertz CT molecular complexity index is 537. The second-order valence-electron chi connectivity index (χ2n) is 6.72. The summed E-state index contributed by atoms with van der Waals surface area (Å²) in [5.74, 6) is 1.35. The molecule has 0 aromatic heterocycles. The van der Waals surface area contributed by atoms with Crippen molar-refractivity contribution < 1.29 is 9.84 Å². The van der Waals surface area contributed by atoms with E-state index < -0.39 is 6.10 Å². The van der Waals surface area contributed by atoms with Gasteiger partial charge in [0, 0.05) is 26.2 Å². The average molecular weight is 461 g/mol. The minimum Gasteiger partial charge on any atom is -0.389 e. The number of aliphatic hydroxyl groups is 1. The Kier molecular flexibility index (Phi) is 10.4. The lowest BCUT2D eigenvalue weighted by Gasteiger charge is -2.31. The smallest absolute Gasteiger partial charge is 0.194 e. The van der Waals surface area contributed by atoms with Crippen LogP contribution in [0.2, 0.25) is 0 Å². The standard InChI is InChI=1S/C19H31N3O2.HI/c1-4-20-19(21-11-18(23)14-24-13-15(2)3)22-10-9-16-7-5-6-8-17(16)12-22;/h5-8,15,18,23H,4,9-14H2,1-3H3,(H,20,21);1H. The predicted octanol–water partition coefficient (Wildman–Crippen LogP) is 2.66. The minimum atomic E-state index is -0.561. The molecule has 25 heavy (non-hydrogen) atoms. The summed E-state index contributed by atoms with van der Waals surface area (Å²) in [6.45, 7) is 10.3. The molecule has 1 aromatic carbocycles. The monoisotopic (exact) mass is 461 g/mol. The fourth-order valence-electron chi connectivity index (χ4n) is 2.79. The van der Waals surface area contributed by atoms with Crippen LogP contribution in [-0.2, 0) is 17.7 Å². The van der Waals surface area contributed by atoms with E-state index in [2.05, 4.69) is 60.2 Å². The molecule has 1 aliphatic heterocycles. The zero-order valence-electron chi connectivity index (χ0n) is 15.6. The van der Waals surface area contributed by atoms with Crippen LogP contribution in [0.5, 0.6) is 0 Å². The molecule has 0 bridgehead atoms. The van der Waals surface area contributed by atoms with Crippen LogP contribution in [-0.4, -0.2) is 54.9 Å². The summed E-state index contributed by atoms with van der Waals surface area (Å²) < 4.78 is 5.49. The Hall–Kier alpha value is -0.860. The molecule has 142 valence electrons. The number of fused-ring (bicyclic) bond motifs is 1. The van der Waals surface area contributed by atoms with Crippen molar-refractivity contribution in [1.82, 2.24) is 10.2 Å². The lowest BCUT2D eigenvalue weighted by molar-refractivity contribution is 0.0300. The van der Waals surface area contributed by atoms with E-state index in [1.165, 1.54) is 11.1 Å². The molecule has 0 fully saturated rings. The fourth-order valence-corrected chi connectivity index (χ4v) is 2.79. The van der Waals surface area contributed by atoms with Crippen LogP contribution in [0, 0.1) is 5.92 Å². The number of aliphatic hydroxyl groups excluding tert-OH is 1. The van der Waals surface area contributed by atoms with Crippen molar-refractivity contribution in [2.75, 3.05) is 32.8 Å². The third kappa shape index (κ3) is 7.50. The summed E-state index contributed by atoms with van der Waals surface area (Å²) >= 11 is 0. The van der Waals surface area contributed by atoms with Crippen LogP contribution in [0.25, 0.3) is 0 Å². The maximum absolute atomic E-state index is 10.1. The van der Waals surface area contributed by atoms with E-state index in [-0.39, 0.29) is 24.0 Å². The topological polar surface area (TPSA) is 57.1 Å². The summed E-state index contributed by atoms with van der Waals surface area (Å²) in [7, 11) is 0. The van der Waals surface area contributed by atoms with Crippen molar-refractivity contribution in [3.05, 3.63) is 35.4 Å². The maximum Gasteiger partial charge on any atom is 0.194 e. The molecular weight excluding hydrogens is 429 g/mol. The van der Waals surface area contributed by atoms with E-state index in [0.29, 0.717) is 25.7 Å². The summed E-state index contributed by atoms with van der Waals surface area (Å²) in [5, 5.41) is 13.4. The van der Waals surface area contributed by atoms with Gasteiger partial charge in [0.15, 0.2) is 5.96 Å². The van der Waals surface area contributed by atoms with Crippen LogP contribution in [0.15, 0.2) is 29.3 Å². The SMILES string of the molecule is CCNC(=NCC(O)COCC(C)C)N1CCc2ccccc2C1.I. The zero-order chi connectivity index (χ0) is 17.4. The van der Waals surface area contributed by atoms with Crippen LogP contribution in [0.3, 0.4) is 0 Å². The summed E-state index contributed by atoms with van der Waals surface area (Å²) in [5.41, 5.74) is 2.78. The number of guanidine groups is 1. The second-order valence-corrected chi connectivity index (χ2v) is 6.72. The first-order valence-electron chi connectivity index (χ1n) is 8.96. The number of nitrogens with zero attached hydrogens (tertiary/aromatic N) is 2. The lowest BCUT2D eigenvalue weighted by Crippen LogP contribution is -2.44. The molecule has 0 saturated carbocycles. The van der Waals surface area contributed by atoms with E-state index in [1.54, 1.807) is 0 Å². The molecule has 1 aromatic rings. The van der Waals surface area contributed by atoms with Crippen molar-refractivity contribution in [2.45, 2.75) is 39.8 Å². The molecular formula is C19H32IN3O2. The molecule has 1 unspecified atom stereocenters. The van der Waals surface area contributed by atoms with Gasteiger partial charge in [-0.2, -0.15) is 0 Å². The highest BCUT2D eigenvalue weighted by atomic mass is 127.